The summed E-state index contributed by atoms with van der Waals surface area (Å²) in [6.07, 6.45) is 0. The molecule has 2 aromatic heterocycles. The number of hydrogen-bond acceptors (Lipinski definition) is 3. The molecule has 0 radical (unpaired) electrons. The number of fused-ring (bicyclic) bond motifs is 5. The SMILES string of the molecule is O=P(c1ccccc1)(c1ccccc1)c1cccc(-c2cccc(-c3ccc4c(c3)nc(-c3ccccc3)c3sc5ccccc5c34)c2)c1. The molecule has 0 amide bonds. The summed E-state index contributed by atoms with van der Waals surface area (Å²) in [5.41, 5.74) is 7.44. The monoisotopic (exact) mass is 663 g/mol. The summed E-state index contributed by atoms with van der Waals surface area (Å²) in [5.74, 6) is 0. The Kier molecular flexibility index (Phi) is 7.31. The highest BCUT2D eigenvalue weighted by molar-refractivity contribution is 7.85. The molecule has 4 heteroatoms. The van der Waals surface area contributed by atoms with Crippen molar-refractivity contribution in [1.29, 1.82) is 0 Å². The maximum Gasteiger partial charge on any atom is 0.171 e. The zero-order chi connectivity index (χ0) is 32.8. The Morgan fingerprint density at radius 2 is 0.959 bits per heavy atom. The molecule has 232 valence electrons. The van der Waals surface area contributed by atoms with Crippen LogP contribution in [0.15, 0.2) is 182 Å². The van der Waals surface area contributed by atoms with Gasteiger partial charge in [-0.15, -0.1) is 11.3 Å². The molecule has 9 rings (SSSR count). The molecule has 7 aromatic carbocycles. The van der Waals surface area contributed by atoms with Crippen LogP contribution in [0.1, 0.15) is 0 Å². The van der Waals surface area contributed by atoms with Gasteiger partial charge in [0.2, 0.25) is 0 Å². The van der Waals surface area contributed by atoms with Crippen molar-refractivity contribution in [2.45, 2.75) is 0 Å². The maximum absolute atomic E-state index is 15.1. The highest BCUT2D eigenvalue weighted by Crippen LogP contribution is 2.45. The average molecular weight is 664 g/mol. The molecule has 0 saturated heterocycles. The van der Waals surface area contributed by atoms with Crippen molar-refractivity contribution < 1.29 is 4.57 Å². The maximum atomic E-state index is 15.1. The van der Waals surface area contributed by atoms with Crippen LogP contribution in [0.3, 0.4) is 0 Å². The fourth-order valence-corrected chi connectivity index (χ4v) is 10.9. The minimum Gasteiger partial charge on any atom is -0.309 e. The first-order valence-corrected chi connectivity index (χ1v) is 18.9. The molecule has 0 bridgehead atoms. The van der Waals surface area contributed by atoms with Crippen LogP contribution in [0.25, 0.3) is 64.6 Å². The van der Waals surface area contributed by atoms with E-state index in [1.807, 2.05) is 84.1 Å². The van der Waals surface area contributed by atoms with Crippen molar-refractivity contribution in [2.24, 2.45) is 0 Å². The molecule has 2 nitrogen and oxygen atoms in total. The van der Waals surface area contributed by atoms with E-state index in [9.17, 15) is 0 Å². The van der Waals surface area contributed by atoms with E-state index in [4.69, 9.17) is 4.98 Å². The van der Waals surface area contributed by atoms with E-state index >= 15 is 4.57 Å². The van der Waals surface area contributed by atoms with Crippen molar-refractivity contribution in [3.05, 3.63) is 182 Å². The average Bonchev–Trinajstić information content (AvgIpc) is 3.58. The molecule has 49 heavy (non-hydrogen) atoms. The Morgan fingerprint density at radius 3 is 1.65 bits per heavy atom. The summed E-state index contributed by atoms with van der Waals surface area (Å²) in [4.78, 5) is 5.31. The van der Waals surface area contributed by atoms with E-state index in [0.29, 0.717) is 0 Å². The van der Waals surface area contributed by atoms with Crippen molar-refractivity contribution in [1.82, 2.24) is 4.98 Å². The zero-order valence-corrected chi connectivity index (χ0v) is 28.2. The van der Waals surface area contributed by atoms with Crippen LogP contribution >= 0.6 is 18.5 Å². The molecule has 9 aromatic rings. The first-order chi connectivity index (χ1) is 24.2. The lowest BCUT2D eigenvalue weighted by molar-refractivity contribution is 0.592. The number of hydrogen-bond donors (Lipinski definition) is 0. The Hall–Kier alpha value is -5.60. The Bertz CT molecular complexity index is 2640. The van der Waals surface area contributed by atoms with E-state index in [2.05, 4.69) is 109 Å². The third kappa shape index (κ3) is 5.11. The summed E-state index contributed by atoms with van der Waals surface area (Å²) >= 11 is 1.82. The van der Waals surface area contributed by atoms with Gasteiger partial charge in [-0.3, -0.25) is 0 Å². The molecule has 0 aliphatic heterocycles. The number of rotatable bonds is 6. The van der Waals surface area contributed by atoms with Gasteiger partial charge in [-0.2, -0.15) is 0 Å². The van der Waals surface area contributed by atoms with Crippen LogP contribution < -0.4 is 15.9 Å². The van der Waals surface area contributed by atoms with E-state index in [-0.39, 0.29) is 0 Å². The van der Waals surface area contributed by atoms with Gasteiger partial charge in [-0.25, -0.2) is 4.98 Å². The minimum absolute atomic E-state index is 0.822. The van der Waals surface area contributed by atoms with Crippen molar-refractivity contribution in [2.75, 3.05) is 0 Å². The fraction of sp³-hybridized carbons (Fsp3) is 0. The van der Waals surface area contributed by atoms with Gasteiger partial charge < -0.3 is 4.57 Å². The topological polar surface area (TPSA) is 30.0 Å². The number of pyridine rings is 1. The van der Waals surface area contributed by atoms with Crippen LogP contribution in [0.4, 0.5) is 0 Å². The van der Waals surface area contributed by atoms with Crippen LogP contribution in [0.5, 0.6) is 0 Å². The summed E-state index contributed by atoms with van der Waals surface area (Å²) < 4.78 is 17.6. The largest absolute Gasteiger partial charge is 0.309 e. The first-order valence-electron chi connectivity index (χ1n) is 16.4. The standard InChI is InChI=1S/C45H30NOPS/c47-48(36-19-6-2-7-20-36,37-21-8-3-9-22-37)38-23-13-18-34(29-38)32-16-12-17-33(28-32)35-26-27-39-41(30-35)46-44(31-14-4-1-5-15-31)45-43(39)40-24-10-11-25-42(40)49-45/h1-30H. The summed E-state index contributed by atoms with van der Waals surface area (Å²) in [5, 5.41) is 6.18. The van der Waals surface area contributed by atoms with Gasteiger partial charge in [0, 0.05) is 42.3 Å². The van der Waals surface area contributed by atoms with Gasteiger partial charge in [-0.1, -0.05) is 158 Å². The lowest BCUT2D eigenvalue weighted by Gasteiger charge is -2.20. The third-order valence-electron chi connectivity index (χ3n) is 9.34. The van der Waals surface area contributed by atoms with Crippen LogP contribution in [-0.2, 0) is 4.57 Å². The number of aromatic nitrogens is 1. The fourth-order valence-electron chi connectivity index (χ4n) is 6.94. The van der Waals surface area contributed by atoms with E-state index in [1.54, 1.807) is 0 Å². The molecule has 0 N–H and O–H groups in total. The normalized spacial score (nSPS) is 11.8. The minimum atomic E-state index is -3.09. The zero-order valence-electron chi connectivity index (χ0n) is 26.5. The van der Waals surface area contributed by atoms with Crippen molar-refractivity contribution in [3.63, 3.8) is 0 Å². The Balaban J connectivity index is 1.17. The molecular weight excluding hydrogens is 634 g/mol. The highest BCUT2D eigenvalue weighted by atomic mass is 32.1. The van der Waals surface area contributed by atoms with E-state index in [1.165, 1.54) is 20.2 Å². The highest BCUT2D eigenvalue weighted by Gasteiger charge is 2.29. The van der Waals surface area contributed by atoms with Gasteiger partial charge in [0.1, 0.15) is 0 Å². The first kappa shape index (κ1) is 29.5. The van der Waals surface area contributed by atoms with Gasteiger partial charge in [0.25, 0.3) is 0 Å². The van der Waals surface area contributed by atoms with Crippen LogP contribution in [0, 0.1) is 0 Å². The third-order valence-corrected chi connectivity index (χ3v) is 13.6. The molecule has 0 fully saturated rings. The summed E-state index contributed by atoms with van der Waals surface area (Å²) in [6, 6.07) is 62.4. The molecule has 0 unspecified atom stereocenters. The second-order valence-corrected chi connectivity index (χ2v) is 16.1. The molecular formula is C45H30NOPS. The molecule has 0 spiro atoms. The molecule has 2 heterocycles. The molecule has 0 atom stereocenters. The number of benzene rings is 7. The van der Waals surface area contributed by atoms with E-state index < -0.39 is 7.14 Å². The molecule has 0 saturated carbocycles. The molecule has 0 aliphatic rings. The smallest absolute Gasteiger partial charge is 0.171 e. The molecule has 0 aliphatic carbocycles. The number of nitrogens with zero attached hydrogens (tertiary/aromatic N) is 1. The Labute approximate surface area is 289 Å². The Morgan fingerprint density at radius 1 is 0.429 bits per heavy atom. The van der Waals surface area contributed by atoms with Gasteiger partial charge in [0.05, 0.1) is 15.9 Å². The predicted octanol–water partition coefficient (Wildman–Crippen LogP) is 11.2. The van der Waals surface area contributed by atoms with E-state index in [0.717, 1.165) is 60.3 Å². The van der Waals surface area contributed by atoms with Crippen LogP contribution in [-0.4, -0.2) is 4.98 Å². The van der Waals surface area contributed by atoms with Gasteiger partial charge in [0.15, 0.2) is 7.14 Å². The van der Waals surface area contributed by atoms with Crippen molar-refractivity contribution >= 4 is 65.5 Å². The second kappa shape index (κ2) is 12.1. The number of thiophene rings is 1. The van der Waals surface area contributed by atoms with Gasteiger partial charge in [-0.05, 0) is 46.5 Å². The lowest BCUT2D eigenvalue weighted by Crippen LogP contribution is -2.25. The summed E-state index contributed by atoms with van der Waals surface area (Å²) in [6.45, 7) is 0. The van der Waals surface area contributed by atoms with Gasteiger partial charge >= 0.3 is 0 Å². The lowest BCUT2D eigenvalue weighted by atomic mass is 9.97. The summed E-state index contributed by atoms with van der Waals surface area (Å²) in [7, 11) is -3.09. The quantitative estimate of drug-likeness (QED) is 0.166. The van der Waals surface area contributed by atoms with Crippen LogP contribution in [0.2, 0.25) is 0 Å². The van der Waals surface area contributed by atoms with Crippen molar-refractivity contribution in [3.8, 4) is 33.5 Å². The second-order valence-electron chi connectivity index (χ2n) is 12.3. The predicted molar refractivity (Wildman–Crippen MR) is 210 cm³/mol.